The summed E-state index contributed by atoms with van der Waals surface area (Å²) in [5, 5.41) is 5.74. The predicted octanol–water partition coefficient (Wildman–Crippen LogP) is 2.99. The maximum absolute atomic E-state index is 12.1. The zero-order chi connectivity index (χ0) is 13.9. The minimum atomic E-state index is -4.29. The highest BCUT2D eigenvalue weighted by atomic mass is 32.2. The second-order valence-electron chi connectivity index (χ2n) is 4.21. The van der Waals surface area contributed by atoms with E-state index >= 15 is 0 Å². The van der Waals surface area contributed by atoms with E-state index in [4.69, 9.17) is 0 Å². The molecule has 1 fully saturated rings. The number of anilines is 1. The third-order valence-corrected chi connectivity index (χ3v) is 3.47. The largest absolute Gasteiger partial charge is 0.446 e. The maximum atomic E-state index is 12.1. The summed E-state index contributed by atoms with van der Waals surface area (Å²) in [6, 6.07) is 5.43. The Morgan fingerprint density at radius 3 is 2.53 bits per heavy atom. The fraction of sp³-hybridized carbons (Fsp3) is 0.417. The van der Waals surface area contributed by atoms with E-state index in [1.165, 1.54) is 24.3 Å². The fourth-order valence-electron chi connectivity index (χ4n) is 1.88. The number of carbonyl (C=O) groups is 1. The third kappa shape index (κ3) is 4.43. The average Bonchev–Trinajstić information content (AvgIpc) is 2.83. The van der Waals surface area contributed by atoms with Crippen molar-refractivity contribution >= 4 is 23.4 Å². The molecule has 19 heavy (non-hydrogen) atoms. The first-order chi connectivity index (χ1) is 8.94. The topological polar surface area (TPSA) is 41.1 Å². The Balaban J connectivity index is 1.93. The molecular formula is C12H13F3N2OS. The van der Waals surface area contributed by atoms with E-state index in [1.807, 2.05) is 0 Å². The lowest BCUT2D eigenvalue weighted by Gasteiger charge is -2.11. The molecule has 0 saturated carbocycles. The van der Waals surface area contributed by atoms with Crippen LogP contribution in [-0.2, 0) is 4.79 Å². The van der Waals surface area contributed by atoms with E-state index in [-0.39, 0.29) is 28.6 Å². The van der Waals surface area contributed by atoms with Crippen molar-refractivity contribution in [1.29, 1.82) is 0 Å². The van der Waals surface area contributed by atoms with Gasteiger partial charge in [-0.05, 0) is 55.4 Å². The van der Waals surface area contributed by atoms with E-state index in [9.17, 15) is 18.0 Å². The molecule has 2 rings (SSSR count). The van der Waals surface area contributed by atoms with E-state index < -0.39 is 5.51 Å². The lowest BCUT2D eigenvalue weighted by Crippen LogP contribution is -2.35. The molecule has 1 aromatic rings. The standard InChI is InChI=1S/C12H13F3N2OS/c13-12(14,15)19-9-5-3-8(4-6-9)17-11(18)10-2-1-7-16-10/h3-6,10,16H,1-2,7H2,(H,17,18)/t10-/m1/s1. The average molecular weight is 290 g/mol. The van der Waals surface area contributed by atoms with Crippen molar-refractivity contribution in [2.45, 2.75) is 29.3 Å². The lowest BCUT2D eigenvalue weighted by molar-refractivity contribution is -0.117. The molecule has 1 amide bonds. The van der Waals surface area contributed by atoms with Crippen LogP contribution in [0, 0.1) is 0 Å². The normalized spacial score (nSPS) is 19.4. The van der Waals surface area contributed by atoms with E-state index in [0.717, 1.165) is 19.4 Å². The van der Waals surface area contributed by atoms with Gasteiger partial charge < -0.3 is 10.6 Å². The van der Waals surface area contributed by atoms with Crippen LogP contribution in [0.1, 0.15) is 12.8 Å². The van der Waals surface area contributed by atoms with E-state index in [2.05, 4.69) is 10.6 Å². The highest BCUT2D eigenvalue weighted by molar-refractivity contribution is 8.00. The summed E-state index contributed by atoms with van der Waals surface area (Å²) in [5.41, 5.74) is -3.79. The van der Waals surface area contributed by atoms with Crippen molar-refractivity contribution in [2.75, 3.05) is 11.9 Å². The predicted molar refractivity (Wildman–Crippen MR) is 68.0 cm³/mol. The summed E-state index contributed by atoms with van der Waals surface area (Å²) in [7, 11) is 0. The van der Waals surface area contributed by atoms with Crippen LogP contribution < -0.4 is 10.6 Å². The van der Waals surface area contributed by atoms with Crippen LogP contribution in [0.2, 0.25) is 0 Å². The first kappa shape index (κ1) is 14.2. The summed E-state index contributed by atoms with van der Waals surface area (Å²) in [5.74, 6) is -0.145. The molecule has 0 spiro atoms. The van der Waals surface area contributed by atoms with Crippen molar-refractivity contribution in [2.24, 2.45) is 0 Å². The molecule has 0 aliphatic carbocycles. The van der Waals surface area contributed by atoms with Crippen molar-refractivity contribution in [3.05, 3.63) is 24.3 Å². The van der Waals surface area contributed by atoms with Crippen LogP contribution in [0.25, 0.3) is 0 Å². The fourth-order valence-corrected chi connectivity index (χ4v) is 2.42. The minimum Gasteiger partial charge on any atom is -0.325 e. The quantitative estimate of drug-likeness (QED) is 0.841. The summed E-state index contributed by atoms with van der Waals surface area (Å²) in [4.78, 5) is 11.9. The molecule has 1 aliphatic heterocycles. The highest BCUT2D eigenvalue weighted by Crippen LogP contribution is 2.37. The molecule has 0 aromatic heterocycles. The summed E-state index contributed by atoms with van der Waals surface area (Å²) in [6.07, 6.45) is 1.74. The van der Waals surface area contributed by atoms with Crippen molar-refractivity contribution < 1.29 is 18.0 Å². The second kappa shape index (κ2) is 5.83. The molecule has 0 unspecified atom stereocenters. The SMILES string of the molecule is O=C(Nc1ccc(SC(F)(F)F)cc1)[C@H]1CCCN1. The Morgan fingerprint density at radius 2 is 2.00 bits per heavy atom. The zero-order valence-electron chi connectivity index (χ0n) is 9.96. The minimum absolute atomic E-state index is 0.101. The molecule has 2 N–H and O–H groups in total. The van der Waals surface area contributed by atoms with Crippen LogP contribution >= 0.6 is 11.8 Å². The summed E-state index contributed by atoms with van der Waals surface area (Å²) >= 11 is -0.171. The van der Waals surface area contributed by atoms with Gasteiger partial charge in [0.2, 0.25) is 5.91 Å². The van der Waals surface area contributed by atoms with Gasteiger partial charge in [-0.1, -0.05) is 0 Å². The lowest BCUT2D eigenvalue weighted by atomic mass is 10.2. The number of carbonyl (C=O) groups excluding carboxylic acids is 1. The van der Waals surface area contributed by atoms with Gasteiger partial charge in [0, 0.05) is 10.6 Å². The number of nitrogens with one attached hydrogen (secondary N) is 2. The number of amides is 1. The molecule has 1 atom stereocenters. The molecule has 1 aliphatic rings. The molecule has 7 heteroatoms. The Hall–Kier alpha value is -1.21. The molecule has 0 bridgehead atoms. The van der Waals surface area contributed by atoms with Gasteiger partial charge in [-0.3, -0.25) is 4.79 Å². The Labute approximate surface area is 112 Å². The number of thioether (sulfide) groups is 1. The molecule has 104 valence electrons. The van der Waals surface area contributed by atoms with Crippen LogP contribution in [0.4, 0.5) is 18.9 Å². The highest BCUT2D eigenvalue weighted by Gasteiger charge is 2.29. The molecule has 0 radical (unpaired) electrons. The first-order valence-corrected chi connectivity index (χ1v) is 6.66. The van der Waals surface area contributed by atoms with Gasteiger partial charge in [0.1, 0.15) is 0 Å². The number of hydrogen-bond donors (Lipinski definition) is 2. The van der Waals surface area contributed by atoms with Gasteiger partial charge in [-0.25, -0.2) is 0 Å². The Morgan fingerprint density at radius 1 is 1.32 bits per heavy atom. The first-order valence-electron chi connectivity index (χ1n) is 5.84. The van der Waals surface area contributed by atoms with Gasteiger partial charge in [0.15, 0.2) is 0 Å². The molecule has 1 saturated heterocycles. The maximum Gasteiger partial charge on any atom is 0.446 e. The second-order valence-corrected chi connectivity index (χ2v) is 5.35. The van der Waals surface area contributed by atoms with Gasteiger partial charge in [0.25, 0.3) is 0 Å². The van der Waals surface area contributed by atoms with Crippen molar-refractivity contribution in [1.82, 2.24) is 5.32 Å². The Bertz CT molecular complexity index is 441. The van der Waals surface area contributed by atoms with Crippen molar-refractivity contribution in [3.63, 3.8) is 0 Å². The van der Waals surface area contributed by atoms with E-state index in [1.54, 1.807) is 0 Å². The summed E-state index contributed by atoms with van der Waals surface area (Å²) < 4.78 is 36.4. The number of alkyl halides is 3. The monoisotopic (exact) mass is 290 g/mol. The van der Waals surface area contributed by atoms with Crippen molar-refractivity contribution in [3.8, 4) is 0 Å². The number of rotatable bonds is 3. The summed E-state index contributed by atoms with van der Waals surface area (Å²) in [6.45, 7) is 0.819. The van der Waals surface area contributed by atoms with E-state index in [0.29, 0.717) is 5.69 Å². The number of halogens is 3. The zero-order valence-corrected chi connectivity index (χ0v) is 10.8. The molecular weight excluding hydrogens is 277 g/mol. The smallest absolute Gasteiger partial charge is 0.325 e. The number of hydrogen-bond acceptors (Lipinski definition) is 3. The van der Waals surface area contributed by atoms with Crippen LogP contribution in [0.3, 0.4) is 0 Å². The van der Waals surface area contributed by atoms with Gasteiger partial charge in [-0.2, -0.15) is 13.2 Å². The van der Waals surface area contributed by atoms with Crippen LogP contribution in [0.15, 0.2) is 29.2 Å². The van der Waals surface area contributed by atoms with Crippen LogP contribution in [0.5, 0.6) is 0 Å². The molecule has 1 aromatic carbocycles. The Kier molecular flexibility index (Phi) is 4.36. The van der Waals surface area contributed by atoms with Gasteiger partial charge >= 0.3 is 5.51 Å². The van der Waals surface area contributed by atoms with Gasteiger partial charge in [-0.15, -0.1) is 0 Å². The van der Waals surface area contributed by atoms with Gasteiger partial charge in [0.05, 0.1) is 6.04 Å². The molecule has 1 heterocycles. The number of benzene rings is 1. The third-order valence-electron chi connectivity index (χ3n) is 2.73. The molecule has 3 nitrogen and oxygen atoms in total. The van der Waals surface area contributed by atoms with Crippen LogP contribution in [-0.4, -0.2) is 24.0 Å².